The van der Waals surface area contributed by atoms with Gasteiger partial charge in [-0.3, -0.25) is 9.36 Å². The molecular weight excluding hydrogens is 416 g/mol. The Kier molecular flexibility index (Phi) is 7.99. The number of hydrogen-bond acceptors (Lipinski definition) is 5. The van der Waals surface area contributed by atoms with Crippen molar-refractivity contribution in [1.82, 2.24) is 24.9 Å². The first kappa shape index (κ1) is 23.7. The molecule has 0 radical (unpaired) electrons. The summed E-state index contributed by atoms with van der Waals surface area (Å²) in [5, 5.41) is 20.3. The zero-order chi connectivity index (χ0) is 23.8. The van der Waals surface area contributed by atoms with Gasteiger partial charge in [0.2, 0.25) is 0 Å². The van der Waals surface area contributed by atoms with Gasteiger partial charge in [0, 0.05) is 24.6 Å². The van der Waals surface area contributed by atoms with Gasteiger partial charge in [-0.2, -0.15) is 10.2 Å². The Morgan fingerprint density at radius 2 is 1.58 bits per heavy atom. The average molecular weight is 447 g/mol. The van der Waals surface area contributed by atoms with Gasteiger partial charge in [-0.25, -0.2) is 4.79 Å². The van der Waals surface area contributed by atoms with Crippen LogP contribution < -0.4 is 11.1 Å². The van der Waals surface area contributed by atoms with Crippen LogP contribution in [-0.4, -0.2) is 37.7 Å². The fourth-order valence-corrected chi connectivity index (χ4v) is 3.35. The molecule has 0 amide bonds. The smallest absolute Gasteiger partial charge is 0.338 e. The zero-order valence-electron chi connectivity index (χ0n) is 19.2. The van der Waals surface area contributed by atoms with E-state index in [2.05, 4.69) is 28.5 Å². The number of benzene rings is 2. The maximum Gasteiger partial charge on any atom is 0.338 e. The molecule has 0 aliphatic heterocycles. The predicted octanol–water partition coefficient (Wildman–Crippen LogP) is 3.48. The molecule has 0 bridgehead atoms. The minimum absolute atomic E-state index is 0.200. The predicted molar refractivity (Wildman–Crippen MR) is 129 cm³/mol. The molecule has 0 unspecified atom stereocenters. The monoisotopic (exact) mass is 446 g/mol. The Balaban J connectivity index is 0.000000235. The molecule has 0 saturated carbocycles. The van der Waals surface area contributed by atoms with Gasteiger partial charge in [0.25, 0.3) is 0 Å². The molecule has 2 aromatic heterocycles. The average Bonchev–Trinajstić information content (AvgIpc) is 3.41. The first-order chi connectivity index (χ1) is 15.8. The number of nitrogens with one attached hydrogen (secondary N) is 1. The van der Waals surface area contributed by atoms with Crippen molar-refractivity contribution in [3.63, 3.8) is 0 Å². The van der Waals surface area contributed by atoms with E-state index in [-0.39, 0.29) is 5.56 Å². The van der Waals surface area contributed by atoms with E-state index in [4.69, 9.17) is 10.8 Å². The molecule has 8 heteroatoms. The summed E-state index contributed by atoms with van der Waals surface area (Å²) >= 11 is 0. The van der Waals surface area contributed by atoms with Crippen LogP contribution in [0.1, 0.15) is 38.2 Å². The number of carbonyl (C=O) groups is 1. The number of carboxylic acids is 1. The minimum atomic E-state index is -0.962. The highest BCUT2D eigenvalue weighted by molar-refractivity contribution is 5.86. The molecule has 172 valence electrons. The summed E-state index contributed by atoms with van der Waals surface area (Å²) in [5.74, 6) is -0.962. The second-order valence-corrected chi connectivity index (χ2v) is 7.98. The summed E-state index contributed by atoms with van der Waals surface area (Å²) in [6.45, 7) is 6.28. The van der Waals surface area contributed by atoms with Crippen LogP contribution >= 0.6 is 0 Å². The molecule has 0 aliphatic rings. The highest BCUT2D eigenvalue weighted by Crippen LogP contribution is 2.12. The topological polar surface area (TPSA) is 111 Å². The molecule has 33 heavy (non-hydrogen) atoms. The van der Waals surface area contributed by atoms with E-state index < -0.39 is 5.97 Å². The maximum absolute atomic E-state index is 10.8. The van der Waals surface area contributed by atoms with Gasteiger partial charge in [-0.05, 0) is 60.8 Å². The molecule has 2 heterocycles. The molecule has 4 N–H and O–H groups in total. The maximum atomic E-state index is 10.8. The molecule has 0 saturated heterocycles. The summed E-state index contributed by atoms with van der Waals surface area (Å²) in [7, 11) is 1.94. The molecule has 2 aromatic carbocycles. The van der Waals surface area contributed by atoms with Gasteiger partial charge in [0.05, 0.1) is 31.0 Å². The molecular formula is C25H30N6O2. The van der Waals surface area contributed by atoms with Crippen LogP contribution in [0.5, 0.6) is 0 Å². The van der Waals surface area contributed by atoms with Crippen LogP contribution in [0.25, 0.3) is 0 Å². The van der Waals surface area contributed by atoms with Gasteiger partial charge in [0.1, 0.15) is 0 Å². The Labute approximate surface area is 193 Å². The van der Waals surface area contributed by atoms with E-state index >= 15 is 0 Å². The largest absolute Gasteiger partial charge is 0.478 e. The van der Waals surface area contributed by atoms with E-state index in [1.807, 2.05) is 67.4 Å². The van der Waals surface area contributed by atoms with Crippen molar-refractivity contribution in [3.8, 4) is 0 Å². The number of rotatable bonds is 7. The van der Waals surface area contributed by atoms with E-state index in [9.17, 15) is 4.79 Å². The van der Waals surface area contributed by atoms with Crippen LogP contribution in [0, 0.1) is 13.8 Å². The van der Waals surface area contributed by atoms with Crippen molar-refractivity contribution in [3.05, 3.63) is 101 Å². The number of nitrogens with zero attached hydrogens (tertiary/aromatic N) is 4. The first-order valence-corrected chi connectivity index (χ1v) is 10.7. The summed E-state index contributed by atoms with van der Waals surface area (Å²) in [4.78, 5) is 10.8. The third kappa shape index (κ3) is 7.05. The quantitative estimate of drug-likeness (QED) is 0.375. The highest BCUT2D eigenvalue weighted by Gasteiger charge is 2.06. The van der Waals surface area contributed by atoms with Crippen molar-refractivity contribution in [2.75, 3.05) is 12.8 Å². The van der Waals surface area contributed by atoms with E-state index in [1.165, 1.54) is 29.1 Å². The van der Waals surface area contributed by atoms with Crippen LogP contribution in [0.4, 0.5) is 5.69 Å². The molecule has 0 spiro atoms. The Morgan fingerprint density at radius 1 is 0.970 bits per heavy atom. The summed E-state index contributed by atoms with van der Waals surface area (Å²) in [6.07, 6.45) is 6.73. The Hall–Kier alpha value is -3.91. The number of hydrogen-bond donors (Lipinski definition) is 3. The first-order valence-electron chi connectivity index (χ1n) is 10.7. The summed E-state index contributed by atoms with van der Waals surface area (Å²) in [5.41, 5.74) is 12.6. The van der Waals surface area contributed by atoms with Crippen LogP contribution in [0.2, 0.25) is 0 Å². The molecule has 4 rings (SSSR count). The third-order valence-electron chi connectivity index (χ3n) is 5.09. The van der Waals surface area contributed by atoms with Gasteiger partial charge in [-0.15, -0.1) is 0 Å². The summed E-state index contributed by atoms with van der Waals surface area (Å²) in [6, 6.07) is 14.1. The molecule has 0 fully saturated rings. The van der Waals surface area contributed by atoms with Crippen molar-refractivity contribution >= 4 is 11.7 Å². The lowest BCUT2D eigenvalue weighted by atomic mass is 10.1. The lowest BCUT2D eigenvalue weighted by Gasteiger charge is -2.05. The van der Waals surface area contributed by atoms with Crippen LogP contribution in [0.15, 0.2) is 67.3 Å². The number of nitrogen functional groups attached to an aromatic ring is 1. The van der Waals surface area contributed by atoms with Gasteiger partial charge in [-0.1, -0.05) is 30.3 Å². The van der Waals surface area contributed by atoms with Crippen LogP contribution in [-0.2, 0) is 19.6 Å². The van der Waals surface area contributed by atoms with Crippen molar-refractivity contribution in [2.24, 2.45) is 0 Å². The Morgan fingerprint density at radius 3 is 2.06 bits per heavy atom. The minimum Gasteiger partial charge on any atom is -0.478 e. The molecule has 8 nitrogen and oxygen atoms in total. The van der Waals surface area contributed by atoms with Gasteiger partial charge in [0.15, 0.2) is 0 Å². The Bertz CT molecular complexity index is 1190. The fourth-order valence-electron chi connectivity index (χ4n) is 3.35. The normalized spacial score (nSPS) is 10.5. The number of aromatic nitrogens is 4. The highest BCUT2D eigenvalue weighted by atomic mass is 16.4. The number of nitrogens with two attached hydrogens (primary N) is 1. The van der Waals surface area contributed by atoms with E-state index in [0.717, 1.165) is 29.9 Å². The fraction of sp³-hybridized carbons (Fsp3) is 0.240. The van der Waals surface area contributed by atoms with Crippen molar-refractivity contribution < 1.29 is 9.90 Å². The van der Waals surface area contributed by atoms with E-state index in [1.54, 1.807) is 4.68 Å². The van der Waals surface area contributed by atoms with Crippen molar-refractivity contribution in [2.45, 2.75) is 33.5 Å². The molecule has 4 aromatic rings. The molecule has 0 aliphatic carbocycles. The number of aryl methyl sites for hydroxylation is 2. The van der Waals surface area contributed by atoms with E-state index in [0.29, 0.717) is 6.54 Å². The second kappa shape index (κ2) is 11.1. The number of carboxylic acid groups (broad SMARTS) is 1. The van der Waals surface area contributed by atoms with Gasteiger partial charge < -0.3 is 16.2 Å². The zero-order valence-corrected chi connectivity index (χ0v) is 19.2. The van der Waals surface area contributed by atoms with Crippen LogP contribution in [0.3, 0.4) is 0 Å². The summed E-state index contributed by atoms with van der Waals surface area (Å²) < 4.78 is 3.52. The standard InChI is InChI=1S/C16H16N4O2.C9H14N2/c1-12-6-17-19(8-12)9-13-2-4-14(5-3-13)10-20-11-15(7-18-20)16(21)22;1-7-5-9(10)4-3-8(7)6-11-2/h2-8,11H,9-10H2,1H3,(H,21,22);3-5,11H,6,10H2,1-2H3. The van der Waals surface area contributed by atoms with Gasteiger partial charge >= 0.3 is 5.97 Å². The third-order valence-corrected chi connectivity index (χ3v) is 5.09. The SMILES string of the molecule is CNCc1ccc(N)cc1C.Cc1cnn(Cc2ccc(Cn3cc(C(=O)O)cn3)cc2)c1. The molecule has 0 atom stereocenters. The lowest BCUT2D eigenvalue weighted by Crippen LogP contribution is -2.06. The lowest BCUT2D eigenvalue weighted by molar-refractivity contribution is 0.0696. The van der Waals surface area contributed by atoms with Crippen molar-refractivity contribution in [1.29, 1.82) is 0 Å². The second-order valence-electron chi connectivity index (χ2n) is 7.98. The number of anilines is 1. The number of aromatic carboxylic acids is 1.